The molecule has 0 saturated carbocycles. The minimum absolute atomic E-state index is 0.171. The van der Waals surface area contributed by atoms with Crippen LogP contribution in [0.4, 0.5) is 19.0 Å². The number of imidazole rings is 1. The van der Waals surface area contributed by atoms with Gasteiger partial charge in [-0.2, -0.15) is 13.2 Å². The highest BCUT2D eigenvalue weighted by Crippen LogP contribution is 2.35. The summed E-state index contributed by atoms with van der Waals surface area (Å²) in [5.74, 6) is -0.171. The van der Waals surface area contributed by atoms with Crippen LogP contribution in [0.1, 0.15) is 11.3 Å². The third-order valence-electron chi connectivity index (χ3n) is 2.40. The predicted octanol–water partition coefficient (Wildman–Crippen LogP) is 3.24. The van der Waals surface area contributed by atoms with E-state index in [1.165, 1.54) is 12.5 Å². The van der Waals surface area contributed by atoms with Gasteiger partial charge in [0, 0.05) is 35.5 Å². The summed E-state index contributed by atoms with van der Waals surface area (Å²) in [5.41, 5.74) is 0.0599. The van der Waals surface area contributed by atoms with E-state index >= 15 is 0 Å². The van der Waals surface area contributed by atoms with E-state index < -0.39 is 11.7 Å². The first kappa shape index (κ1) is 13.9. The van der Waals surface area contributed by atoms with Gasteiger partial charge in [-0.05, 0) is 22.0 Å². The zero-order chi connectivity index (χ0) is 13.9. The molecular formula is C11H10BrF3N4. The summed E-state index contributed by atoms with van der Waals surface area (Å²) in [4.78, 5) is 10.5. The zero-order valence-electron chi connectivity index (χ0n) is 9.63. The van der Waals surface area contributed by atoms with Crippen LogP contribution in [-0.2, 0) is 12.6 Å². The predicted molar refractivity (Wildman–Crippen MR) is 67.7 cm³/mol. The molecule has 8 heteroatoms. The topological polar surface area (TPSA) is 53.6 Å². The van der Waals surface area contributed by atoms with Crippen LogP contribution in [0.25, 0.3) is 0 Å². The number of hydrogen-bond donors (Lipinski definition) is 2. The Labute approximate surface area is 115 Å². The number of pyridine rings is 1. The number of nitrogens with one attached hydrogen (secondary N) is 2. The summed E-state index contributed by atoms with van der Waals surface area (Å²) in [6, 6.07) is 1.01. The van der Waals surface area contributed by atoms with Gasteiger partial charge in [-0.3, -0.25) is 0 Å². The number of halogens is 4. The minimum Gasteiger partial charge on any atom is -0.369 e. The van der Waals surface area contributed by atoms with E-state index in [-0.39, 0.29) is 5.82 Å². The van der Waals surface area contributed by atoms with Gasteiger partial charge in [-0.15, -0.1) is 0 Å². The molecule has 0 bridgehead atoms. The Balaban J connectivity index is 2.07. The number of rotatable bonds is 4. The molecule has 0 atom stereocenters. The smallest absolute Gasteiger partial charge is 0.369 e. The number of nitrogens with zero attached hydrogens (tertiary/aromatic N) is 2. The zero-order valence-corrected chi connectivity index (χ0v) is 11.2. The van der Waals surface area contributed by atoms with Crippen LogP contribution in [0, 0.1) is 0 Å². The number of aromatic nitrogens is 3. The summed E-state index contributed by atoms with van der Waals surface area (Å²) in [5, 5.41) is 2.69. The van der Waals surface area contributed by atoms with Gasteiger partial charge in [0.2, 0.25) is 0 Å². The maximum absolute atomic E-state index is 12.8. The van der Waals surface area contributed by atoms with Crippen molar-refractivity contribution in [1.82, 2.24) is 15.0 Å². The van der Waals surface area contributed by atoms with Crippen molar-refractivity contribution in [1.29, 1.82) is 0 Å². The van der Waals surface area contributed by atoms with Gasteiger partial charge in [-0.1, -0.05) is 0 Å². The maximum atomic E-state index is 12.8. The number of anilines is 1. The molecule has 2 aromatic rings. The Kier molecular flexibility index (Phi) is 4.08. The second-order valence-electron chi connectivity index (χ2n) is 3.80. The van der Waals surface area contributed by atoms with E-state index in [9.17, 15) is 13.2 Å². The molecule has 102 valence electrons. The summed E-state index contributed by atoms with van der Waals surface area (Å²) in [7, 11) is 0. The van der Waals surface area contributed by atoms with Crippen molar-refractivity contribution in [3.63, 3.8) is 0 Å². The molecule has 0 aliphatic rings. The molecule has 2 rings (SSSR count). The number of alkyl halides is 3. The van der Waals surface area contributed by atoms with Crippen molar-refractivity contribution in [2.45, 2.75) is 12.6 Å². The molecule has 2 heterocycles. The van der Waals surface area contributed by atoms with Crippen molar-refractivity contribution >= 4 is 21.7 Å². The second kappa shape index (κ2) is 5.60. The average Bonchev–Trinajstić information content (AvgIpc) is 2.83. The molecule has 0 unspecified atom stereocenters. The fourth-order valence-electron chi connectivity index (χ4n) is 1.53. The monoisotopic (exact) mass is 334 g/mol. The highest BCUT2D eigenvalue weighted by atomic mass is 79.9. The molecule has 19 heavy (non-hydrogen) atoms. The molecule has 2 N–H and O–H groups in total. The molecule has 0 radical (unpaired) electrons. The Morgan fingerprint density at radius 2 is 2.11 bits per heavy atom. The van der Waals surface area contributed by atoms with Crippen molar-refractivity contribution in [2.75, 3.05) is 11.9 Å². The molecule has 4 nitrogen and oxygen atoms in total. The van der Waals surface area contributed by atoms with Crippen LogP contribution >= 0.6 is 15.9 Å². The Morgan fingerprint density at radius 1 is 1.32 bits per heavy atom. The van der Waals surface area contributed by atoms with Gasteiger partial charge in [0.15, 0.2) is 0 Å². The Hall–Kier alpha value is -1.57. The molecule has 0 fully saturated rings. The molecule has 0 spiro atoms. The van der Waals surface area contributed by atoms with E-state index in [0.717, 1.165) is 11.8 Å². The highest BCUT2D eigenvalue weighted by Gasteiger charge is 2.34. The van der Waals surface area contributed by atoms with Crippen molar-refractivity contribution < 1.29 is 13.2 Å². The Morgan fingerprint density at radius 3 is 2.74 bits per heavy atom. The van der Waals surface area contributed by atoms with Crippen LogP contribution in [0.15, 0.2) is 29.3 Å². The second-order valence-corrected chi connectivity index (χ2v) is 4.72. The lowest BCUT2D eigenvalue weighted by atomic mass is 10.2. The van der Waals surface area contributed by atoms with E-state index in [0.29, 0.717) is 17.4 Å². The number of aromatic amines is 1. The van der Waals surface area contributed by atoms with Crippen LogP contribution in [0.3, 0.4) is 0 Å². The van der Waals surface area contributed by atoms with Gasteiger partial charge in [0.05, 0.1) is 11.9 Å². The van der Waals surface area contributed by atoms with Crippen LogP contribution in [0.2, 0.25) is 0 Å². The molecule has 0 aliphatic carbocycles. The van der Waals surface area contributed by atoms with E-state index in [4.69, 9.17) is 0 Å². The SMILES string of the molecule is FC(F)(F)c1cc(Br)cnc1NCCc1cnc[nH]1. The molecule has 0 aliphatic heterocycles. The molecular weight excluding hydrogens is 325 g/mol. The molecule has 0 amide bonds. The molecule has 2 aromatic heterocycles. The first-order valence-electron chi connectivity index (χ1n) is 5.40. The fourth-order valence-corrected chi connectivity index (χ4v) is 1.86. The lowest BCUT2D eigenvalue weighted by Crippen LogP contribution is -2.14. The lowest BCUT2D eigenvalue weighted by molar-refractivity contribution is -0.137. The third kappa shape index (κ3) is 3.69. The van der Waals surface area contributed by atoms with Gasteiger partial charge >= 0.3 is 6.18 Å². The van der Waals surface area contributed by atoms with E-state index in [2.05, 4.69) is 36.2 Å². The summed E-state index contributed by atoms with van der Waals surface area (Å²) < 4.78 is 38.7. The standard InChI is InChI=1S/C11H10BrF3N4/c12-7-3-9(11(13,14)15)10(18-4-7)17-2-1-8-5-16-6-19-8/h3-6H,1-2H2,(H,16,19)(H,17,18). The fraction of sp³-hybridized carbons (Fsp3) is 0.273. The van der Waals surface area contributed by atoms with Crippen molar-refractivity contribution in [3.8, 4) is 0 Å². The molecule has 0 aromatic carbocycles. The normalized spacial score (nSPS) is 11.6. The van der Waals surface area contributed by atoms with Crippen molar-refractivity contribution in [2.24, 2.45) is 0 Å². The number of hydrogen-bond acceptors (Lipinski definition) is 3. The van der Waals surface area contributed by atoms with Gasteiger partial charge < -0.3 is 10.3 Å². The van der Waals surface area contributed by atoms with Crippen LogP contribution in [-0.4, -0.2) is 21.5 Å². The Bertz CT molecular complexity index is 539. The van der Waals surface area contributed by atoms with E-state index in [1.54, 1.807) is 6.20 Å². The van der Waals surface area contributed by atoms with E-state index in [1.807, 2.05) is 0 Å². The highest BCUT2D eigenvalue weighted by molar-refractivity contribution is 9.10. The van der Waals surface area contributed by atoms with Gasteiger partial charge in [-0.25, -0.2) is 9.97 Å². The third-order valence-corrected chi connectivity index (χ3v) is 2.84. The minimum atomic E-state index is -4.44. The van der Waals surface area contributed by atoms with Gasteiger partial charge in [0.1, 0.15) is 5.82 Å². The molecule has 0 saturated heterocycles. The summed E-state index contributed by atoms with van der Waals surface area (Å²) in [6.45, 7) is 0.333. The summed E-state index contributed by atoms with van der Waals surface area (Å²) >= 11 is 2.98. The largest absolute Gasteiger partial charge is 0.419 e. The maximum Gasteiger partial charge on any atom is 0.419 e. The first-order chi connectivity index (χ1) is 8.97. The van der Waals surface area contributed by atoms with Crippen molar-refractivity contribution in [3.05, 3.63) is 40.5 Å². The van der Waals surface area contributed by atoms with Crippen LogP contribution in [0.5, 0.6) is 0 Å². The lowest BCUT2D eigenvalue weighted by Gasteiger charge is -2.13. The quantitative estimate of drug-likeness (QED) is 0.902. The van der Waals surface area contributed by atoms with Gasteiger partial charge in [0.25, 0.3) is 0 Å². The number of H-pyrrole nitrogens is 1. The first-order valence-corrected chi connectivity index (χ1v) is 6.20. The average molecular weight is 335 g/mol. The summed E-state index contributed by atoms with van der Waals surface area (Å²) in [6.07, 6.45) is 0.575. The van der Waals surface area contributed by atoms with Crippen LogP contribution < -0.4 is 5.32 Å².